The number of piperazine rings is 1. The Morgan fingerprint density at radius 1 is 0.697 bits per heavy atom. The van der Waals surface area contributed by atoms with Crippen molar-refractivity contribution in [2.45, 2.75) is 26.3 Å². The molecule has 1 atom stereocenters. The summed E-state index contributed by atoms with van der Waals surface area (Å²) in [5.41, 5.74) is 5.38. The predicted octanol–water partition coefficient (Wildman–Crippen LogP) is 7.24. The number of rotatable bonds is 8. The fourth-order valence-corrected chi connectivity index (χ4v) is 4.54. The Morgan fingerprint density at radius 2 is 1.24 bits per heavy atom. The van der Waals surface area contributed by atoms with Crippen LogP contribution in [0.25, 0.3) is 11.1 Å². The van der Waals surface area contributed by atoms with E-state index < -0.39 is 0 Å². The lowest BCUT2D eigenvalue weighted by Crippen LogP contribution is -2.47. The lowest BCUT2D eigenvalue weighted by molar-refractivity contribution is 0.114. The molecule has 0 bridgehead atoms. The second-order valence-electron chi connectivity index (χ2n) is 8.91. The minimum atomic E-state index is 0. The second-order valence-corrected chi connectivity index (χ2v) is 9.35. The number of aryl methyl sites for hydroxylation is 1. The van der Waals surface area contributed by atoms with Gasteiger partial charge in [0.25, 0.3) is 0 Å². The van der Waals surface area contributed by atoms with Gasteiger partial charge in [-0.15, -0.1) is 24.8 Å². The molecule has 0 aliphatic carbocycles. The molecule has 0 aromatic heterocycles. The third-order valence-corrected chi connectivity index (χ3v) is 6.59. The van der Waals surface area contributed by atoms with E-state index in [2.05, 4.69) is 83.5 Å². The van der Waals surface area contributed by atoms with Crippen LogP contribution < -0.4 is 0 Å². The summed E-state index contributed by atoms with van der Waals surface area (Å²) in [6.45, 7) is 9.27. The molecule has 0 amide bonds. The van der Waals surface area contributed by atoms with Crippen molar-refractivity contribution in [3.63, 3.8) is 0 Å². The van der Waals surface area contributed by atoms with Crippen molar-refractivity contribution in [2.75, 3.05) is 32.7 Å². The highest BCUT2D eigenvalue weighted by Gasteiger charge is 2.18. The molecule has 1 heterocycles. The summed E-state index contributed by atoms with van der Waals surface area (Å²) < 4.78 is 0. The molecule has 4 rings (SSSR count). The molecule has 0 N–H and O–H groups in total. The van der Waals surface area contributed by atoms with Crippen LogP contribution >= 0.6 is 36.4 Å². The maximum Gasteiger partial charge on any atom is 0.0406 e. The molecule has 1 unspecified atom stereocenters. The first-order valence-electron chi connectivity index (χ1n) is 11.5. The van der Waals surface area contributed by atoms with Gasteiger partial charge in [0.2, 0.25) is 0 Å². The van der Waals surface area contributed by atoms with Gasteiger partial charge in [-0.05, 0) is 53.1 Å². The lowest BCUT2D eigenvalue weighted by atomic mass is 9.98. The minimum Gasteiger partial charge on any atom is -0.301 e. The number of hydrogen-bond acceptors (Lipinski definition) is 2. The van der Waals surface area contributed by atoms with E-state index in [0.29, 0.717) is 0 Å². The molecule has 3 aromatic carbocycles. The molecule has 33 heavy (non-hydrogen) atoms. The van der Waals surface area contributed by atoms with Crippen molar-refractivity contribution in [3.05, 3.63) is 95.0 Å². The van der Waals surface area contributed by atoms with E-state index in [-0.39, 0.29) is 24.8 Å². The monoisotopic (exact) mass is 504 g/mol. The van der Waals surface area contributed by atoms with E-state index in [1.54, 1.807) is 0 Å². The van der Waals surface area contributed by atoms with E-state index in [0.717, 1.165) is 37.0 Å². The maximum absolute atomic E-state index is 6.00. The zero-order valence-electron chi connectivity index (χ0n) is 19.3. The van der Waals surface area contributed by atoms with Gasteiger partial charge in [0.1, 0.15) is 0 Å². The number of benzene rings is 3. The lowest BCUT2D eigenvalue weighted by Gasteiger charge is -2.36. The Bertz CT molecular complexity index is 922. The van der Waals surface area contributed by atoms with Gasteiger partial charge in [-0.2, -0.15) is 0 Å². The molecule has 5 heteroatoms. The van der Waals surface area contributed by atoms with E-state index in [1.807, 2.05) is 12.1 Å². The summed E-state index contributed by atoms with van der Waals surface area (Å²) in [5.74, 6) is 0.719. The number of nitrogens with zero attached hydrogens (tertiary/aromatic N) is 2. The Balaban J connectivity index is 0.00000193. The van der Waals surface area contributed by atoms with Crippen LogP contribution in [0.1, 0.15) is 24.5 Å². The summed E-state index contributed by atoms with van der Waals surface area (Å²) in [5, 5.41) is 0.815. The predicted molar refractivity (Wildman–Crippen MR) is 147 cm³/mol. The highest BCUT2D eigenvalue weighted by Crippen LogP contribution is 2.21. The van der Waals surface area contributed by atoms with Crippen molar-refractivity contribution >= 4 is 36.4 Å². The third kappa shape index (κ3) is 8.63. The van der Waals surface area contributed by atoms with Gasteiger partial charge in [0.05, 0.1) is 0 Å². The fraction of sp³-hybridized carbons (Fsp3) is 0.357. The van der Waals surface area contributed by atoms with Crippen LogP contribution in [0.5, 0.6) is 0 Å². The SMILES string of the molecule is CC(CCc1ccc(-c2ccccc2)cc1)CN1CCN(Cc2ccc(Cl)cc2)CC1.Cl.Cl. The van der Waals surface area contributed by atoms with Gasteiger partial charge in [0, 0.05) is 44.3 Å². The molecule has 1 saturated heterocycles. The first-order chi connectivity index (χ1) is 15.2. The Labute approximate surface area is 216 Å². The van der Waals surface area contributed by atoms with Gasteiger partial charge in [-0.3, -0.25) is 4.90 Å². The zero-order valence-corrected chi connectivity index (χ0v) is 21.7. The fourth-order valence-electron chi connectivity index (χ4n) is 4.42. The summed E-state index contributed by atoms with van der Waals surface area (Å²) in [7, 11) is 0. The van der Waals surface area contributed by atoms with Crippen LogP contribution in [0, 0.1) is 5.92 Å². The van der Waals surface area contributed by atoms with Crippen molar-refractivity contribution in [3.8, 4) is 11.1 Å². The Morgan fingerprint density at radius 3 is 1.88 bits per heavy atom. The summed E-state index contributed by atoms with van der Waals surface area (Å²) in [4.78, 5) is 5.19. The molecule has 178 valence electrons. The first kappa shape index (κ1) is 27.7. The van der Waals surface area contributed by atoms with Crippen LogP contribution in [0.4, 0.5) is 0 Å². The van der Waals surface area contributed by atoms with Crippen molar-refractivity contribution in [2.24, 2.45) is 5.92 Å². The quantitative estimate of drug-likeness (QED) is 0.318. The van der Waals surface area contributed by atoms with E-state index in [4.69, 9.17) is 11.6 Å². The average Bonchev–Trinajstić information content (AvgIpc) is 2.81. The van der Waals surface area contributed by atoms with E-state index in [9.17, 15) is 0 Å². The Kier molecular flexibility index (Phi) is 11.7. The highest BCUT2D eigenvalue weighted by atomic mass is 35.5. The largest absolute Gasteiger partial charge is 0.301 e. The van der Waals surface area contributed by atoms with Crippen molar-refractivity contribution in [1.29, 1.82) is 0 Å². The zero-order chi connectivity index (χ0) is 21.5. The molecule has 2 nitrogen and oxygen atoms in total. The van der Waals surface area contributed by atoms with Gasteiger partial charge in [-0.1, -0.05) is 85.3 Å². The minimum absolute atomic E-state index is 0. The van der Waals surface area contributed by atoms with E-state index >= 15 is 0 Å². The van der Waals surface area contributed by atoms with Gasteiger partial charge in [0.15, 0.2) is 0 Å². The molecule has 3 aromatic rings. The maximum atomic E-state index is 6.00. The molecule has 1 aliphatic heterocycles. The van der Waals surface area contributed by atoms with Crippen LogP contribution in [0.2, 0.25) is 5.02 Å². The van der Waals surface area contributed by atoms with Crippen LogP contribution in [0.3, 0.4) is 0 Å². The van der Waals surface area contributed by atoms with Gasteiger partial charge < -0.3 is 4.90 Å². The molecular weight excluding hydrogens is 471 g/mol. The summed E-state index contributed by atoms with van der Waals surface area (Å²) in [6.07, 6.45) is 2.41. The average molecular weight is 506 g/mol. The molecule has 0 radical (unpaired) electrons. The molecule has 0 spiro atoms. The normalized spacial score (nSPS) is 15.3. The van der Waals surface area contributed by atoms with Crippen LogP contribution in [-0.4, -0.2) is 42.5 Å². The second kappa shape index (κ2) is 14.0. The topological polar surface area (TPSA) is 6.48 Å². The number of halogens is 3. The van der Waals surface area contributed by atoms with Gasteiger partial charge in [-0.25, -0.2) is 0 Å². The molecular formula is C28H35Cl3N2. The van der Waals surface area contributed by atoms with Crippen LogP contribution in [0.15, 0.2) is 78.9 Å². The van der Waals surface area contributed by atoms with Gasteiger partial charge >= 0.3 is 0 Å². The Hall–Kier alpha value is -1.55. The summed E-state index contributed by atoms with van der Waals surface area (Å²) >= 11 is 6.00. The standard InChI is InChI=1S/C28H33ClN2.2ClH/c1-23(7-8-24-9-13-27(14-10-24)26-5-3-2-4-6-26)21-30-17-19-31(20-18-30)22-25-11-15-28(29)16-12-25;;/h2-6,9-16,23H,7-8,17-22H2,1H3;2*1H. The third-order valence-electron chi connectivity index (χ3n) is 6.34. The molecule has 1 aliphatic rings. The first-order valence-corrected chi connectivity index (χ1v) is 11.9. The highest BCUT2D eigenvalue weighted by molar-refractivity contribution is 6.30. The van der Waals surface area contributed by atoms with E-state index in [1.165, 1.54) is 48.3 Å². The van der Waals surface area contributed by atoms with Crippen LogP contribution in [-0.2, 0) is 13.0 Å². The molecule has 0 saturated carbocycles. The molecule has 1 fully saturated rings. The van der Waals surface area contributed by atoms with Crippen molar-refractivity contribution in [1.82, 2.24) is 9.80 Å². The number of hydrogen-bond donors (Lipinski definition) is 0. The summed E-state index contributed by atoms with van der Waals surface area (Å²) in [6, 6.07) is 28.0. The smallest absolute Gasteiger partial charge is 0.0406 e. The van der Waals surface area contributed by atoms with Crippen molar-refractivity contribution < 1.29 is 0 Å².